The first kappa shape index (κ1) is 21.4. The van der Waals surface area contributed by atoms with Crippen molar-refractivity contribution < 1.29 is 23.5 Å². The zero-order valence-electron chi connectivity index (χ0n) is 16.8. The summed E-state index contributed by atoms with van der Waals surface area (Å²) in [5, 5.41) is 3.36. The molecule has 1 N–H and O–H groups in total. The Balaban J connectivity index is 1.60. The highest BCUT2D eigenvalue weighted by Crippen LogP contribution is 2.28. The lowest BCUT2D eigenvalue weighted by atomic mass is 10.1. The topological polar surface area (TPSA) is 77.5 Å². The number of hydrogen-bond donors (Lipinski definition) is 1. The van der Waals surface area contributed by atoms with Gasteiger partial charge in [-0.3, -0.25) is 4.79 Å². The van der Waals surface area contributed by atoms with E-state index in [1.807, 2.05) is 31.2 Å². The number of nitrogens with zero attached hydrogens (tertiary/aromatic N) is 1. The van der Waals surface area contributed by atoms with Gasteiger partial charge in [-0.05, 0) is 44.2 Å². The molecule has 0 aliphatic rings. The summed E-state index contributed by atoms with van der Waals surface area (Å²) in [7, 11) is 1.56. The maximum Gasteiger partial charge on any atom is 0.350 e. The van der Waals surface area contributed by atoms with Gasteiger partial charge in [-0.25, -0.2) is 14.2 Å². The Morgan fingerprint density at radius 2 is 1.87 bits per heavy atom. The van der Waals surface area contributed by atoms with E-state index in [0.717, 1.165) is 16.9 Å². The normalized spacial score (nSPS) is 11.6. The number of nitrogens with one attached hydrogen (secondary N) is 1. The quantitative estimate of drug-likeness (QED) is 0.568. The Morgan fingerprint density at radius 3 is 2.57 bits per heavy atom. The van der Waals surface area contributed by atoms with Crippen LogP contribution in [0, 0.1) is 12.7 Å². The second kappa shape index (κ2) is 9.49. The van der Waals surface area contributed by atoms with Crippen LogP contribution in [0.25, 0.3) is 10.6 Å². The number of hydrogen-bond acceptors (Lipinski definition) is 6. The van der Waals surface area contributed by atoms with Gasteiger partial charge in [-0.1, -0.05) is 18.2 Å². The van der Waals surface area contributed by atoms with Gasteiger partial charge in [0, 0.05) is 11.1 Å². The average Bonchev–Trinajstić information content (AvgIpc) is 3.14. The largest absolute Gasteiger partial charge is 0.496 e. The van der Waals surface area contributed by atoms with E-state index in [9.17, 15) is 14.0 Å². The summed E-state index contributed by atoms with van der Waals surface area (Å²) in [5.41, 5.74) is 2.01. The summed E-state index contributed by atoms with van der Waals surface area (Å²) in [6.07, 6.45) is 0. The van der Waals surface area contributed by atoms with E-state index in [1.165, 1.54) is 12.1 Å². The van der Waals surface area contributed by atoms with Crippen LogP contribution in [0.1, 0.15) is 33.9 Å². The summed E-state index contributed by atoms with van der Waals surface area (Å²) in [6, 6.07) is 12.9. The molecule has 0 saturated carbocycles. The highest BCUT2D eigenvalue weighted by Gasteiger charge is 2.20. The second-order valence-electron chi connectivity index (χ2n) is 6.55. The van der Waals surface area contributed by atoms with Crippen LogP contribution < -0.4 is 10.1 Å². The number of aryl methyl sites for hydroxylation is 1. The van der Waals surface area contributed by atoms with Crippen molar-refractivity contribution in [2.45, 2.75) is 19.9 Å². The Labute approximate surface area is 177 Å². The summed E-state index contributed by atoms with van der Waals surface area (Å²) in [5.74, 6) is -0.739. The molecular weight excluding hydrogens is 407 g/mol. The molecule has 1 aromatic heterocycles. The van der Waals surface area contributed by atoms with E-state index < -0.39 is 18.5 Å². The molecule has 0 fully saturated rings. The number of esters is 1. The Hall–Kier alpha value is -3.26. The smallest absolute Gasteiger partial charge is 0.350 e. The maximum absolute atomic E-state index is 13.1. The van der Waals surface area contributed by atoms with Gasteiger partial charge >= 0.3 is 5.97 Å². The summed E-state index contributed by atoms with van der Waals surface area (Å²) >= 11 is 1.14. The monoisotopic (exact) mass is 428 g/mol. The van der Waals surface area contributed by atoms with E-state index >= 15 is 0 Å². The van der Waals surface area contributed by atoms with Crippen LogP contribution in [-0.2, 0) is 9.53 Å². The first-order chi connectivity index (χ1) is 14.4. The van der Waals surface area contributed by atoms with Crippen LogP contribution in [0.3, 0.4) is 0 Å². The zero-order valence-corrected chi connectivity index (χ0v) is 17.6. The molecule has 2 aromatic carbocycles. The lowest BCUT2D eigenvalue weighted by Gasteiger charge is -2.17. The van der Waals surface area contributed by atoms with Gasteiger partial charge in [0.05, 0.1) is 18.8 Å². The van der Waals surface area contributed by atoms with Crippen molar-refractivity contribution in [2.24, 2.45) is 0 Å². The molecule has 8 heteroatoms. The molecule has 0 radical (unpaired) electrons. The standard InChI is InChI=1S/C22H21FN2O4S/c1-13(17-6-4-5-7-18(17)28-3)24-19(26)12-29-22(27)20-14(2)25-21(30-20)15-8-10-16(23)11-9-15/h4-11,13H,12H2,1-3H3,(H,24,26). The van der Waals surface area contributed by atoms with Crippen molar-refractivity contribution in [3.63, 3.8) is 0 Å². The van der Waals surface area contributed by atoms with Crippen LogP contribution in [0.4, 0.5) is 4.39 Å². The highest BCUT2D eigenvalue weighted by molar-refractivity contribution is 7.17. The van der Waals surface area contributed by atoms with Gasteiger partial charge < -0.3 is 14.8 Å². The zero-order chi connectivity index (χ0) is 21.7. The van der Waals surface area contributed by atoms with Gasteiger partial charge in [-0.15, -0.1) is 11.3 Å². The third kappa shape index (κ3) is 5.01. The van der Waals surface area contributed by atoms with Gasteiger partial charge in [0.15, 0.2) is 6.61 Å². The number of methoxy groups -OCH3 is 1. The van der Waals surface area contributed by atoms with Crippen LogP contribution in [0.15, 0.2) is 48.5 Å². The minimum atomic E-state index is -0.626. The lowest BCUT2D eigenvalue weighted by Crippen LogP contribution is -2.31. The van der Waals surface area contributed by atoms with E-state index in [0.29, 0.717) is 26.9 Å². The van der Waals surface area contributed by atoms with E-state index in [2.05, 4.69) is 10.3 Å². The van der Waals surface area contributed by atoms with E-state index in [4.69, 9.17) is 9.47 Å². The molecule has 0 aliphatic heterocycles. The molecule has 0 bridgehead atoms. The number of carbonyl (C=O) groups excluding carboxylic acids is 2. The third-order valence-electron chi connectivity index (χ3n) is 4.39. The fraction of sp³-hybridized carbons (Fsp3) is 0.227. The fourth-order valence-electron chi connectivity index (χ4n) is 2.88. The molecule has 0 spiro atoms. The average molecular weight is 428 g/mol. The molecule has 1 amide bonds. The number of amides is 1. The number of benzene rings is 2. The predicted octanol–water partition coefficient (Wildman–Crippen LogP) is 4.30. The van der Waals surface area contributed by atoms with Crippen LogP contribution in [0.2, 0.25) is 0 Å². The predicted molar refractivity (Wildman–Crippen MR) is 112 cm³/mol. The number of thiazole rings is 1. The van der Waals surface area contributed by atoms with Crippen molar-refractivity contribution in [3.8, 4) is 16.3 Å². The SMILES string of the molecule is COc1ccccc1C(C)NC(=O)COC(=O)c1sc(-c2ccc(F)cc2)nc1C. The molecule has 30 heavy (non-hydrogen) atoms. The molecule has 156 valence electrons. The summed E-state index contributed by atoms with van der Waals surface area (Å²) < 4.78 is 23.6. The van der Waals surface area contributed by atoms with Gasteiger partial charge in [0.25, 0.3) is 5.91 Å². The molecule has 6 nitrogen and oxygen atoms in total. The number of para-hydroxylation sites is 1. The van der Waals surface area contributed by atoms with Crippen molar-refractivity contribution in [1.29, 1.82) is 0 Å². The van der Waals surface area contributed by atoms with Crippen molar-refractivity contribution in [2.75, 3.05) is 13.7 Å². The summed E-state index contributed by atoms with van der Waals surface area (Å²) in [6.45, 7) is 3.09. The van der Waals surface area contributed by atoms with E-state index in [-0.39, 0.29) is 11.9 Å². The minimum Gasteiger partial charge on any atom is -0.496 e. The fourth-order valence-corrected chi connectivity index (χ4v) is 3.85. The number of aromatic nitrogens is 1. The lowest BCUT2D eigenvalue weighted by molar-refractivity contribution is -0.124. The molecule has 0 aliphatic carbocycles. The Morgan fingerprint density at radius 1 is 1.17 bits per heavy atom. The maximum atomic E-state index is 13.1. The van der Waals surface area contributed by atoms with Gasteiger partial charge in [0.2, 0.25) is 0 Å². The number of rotatable bonds is 7. The number of ether oxygens (including phenoxy) is 2. The molecule has 1 heterocycles. The first-order valence-electron chi connectivity index (χ1n) is 9.21. The molecule has 1 unspecified atom stereocenters. The summed E-state index contributed by atoms with van der Waals surface area (Å²) in [4.78, 5) is 29.3. The van der Waals surface area contributed by atoms with Crippen LogP contribution in [0.5, 0.6) is 5.75 Å². The first-order valence-corrected chi connectivity index (χ1v) is 10.0. The van der Waals surface area contributed by atoms with Crippen molar-refractivity contribution >= 4 is 23.2 Å². The molecule has 0 saturated heterocycles. The molecule has 1 atom stereocenters. The third-order valence-corrected chi connectivity index (χ3v) is 5.58. The molecule has 3 aromatic rings. The van der Waals surface area contributed by atoms with Crippen molar-refractivity contribution in [1.82, 2.24) is 10.3 Å². The highest BCUT2D eigenvalue weighted by atomic mass is 32.1. The Bertz CT molecular complexity index is 1050. The van der Waals surface area contributed by atoms with Crippen LogP contribution in [-0.4, -0.2) is 30.6 Å². The molecule has 3 rings (SSSR count). The van der Waals surface area contributed by atoms with Gasteiger partial charge in [-0.2, -0.15) is 0 Å². The van der Waals surface area contributed by atoms with E-state index in [1.54, 1.807) is 26.2 Å². The number of carbonyl (C=O) groups is 2. The molecular formula is C22H21FN2O4S. The Kier molecular flexibility index (Phi) is 6.79. The number of halogens is 1. The van der Waals surface area contributed by atoms with Gasteiger partial charge in [0.1, 0.15) is 21.5 Å². The van der Waals surface area contributed by atoms with Crippen molar-refractivity contribution in [3.05, 3.63) is 70.5 Å². The second-order valence-corrected chi connectivity index (χ2v) is 7.55. The van der Waals surface area contributed by atoms with Crippen LogP contribution >= 0.6 is 11.3 Å². The minimum absolute atomic E-state index is 0.305.